The zero-order valence-corrected chi connectivity index (χ0v) is 12.8. The maximum Gasteiger partial charge on any atom is 0.226 e. The average Bonchev–Trinajstić information content (AvgIpc) is 2.93. The third-order valence-corrected chi connectivity index (χ3v) is 5.91. The van der Waals surface area contributed by atoms with Crippen LogP contribution in [0.5, 0.6) is 0 Å². The maximum atomic E-state index is 12.7. The highest BCUT2D eigenvalue weighted by molar-refractivity contribution is 7.90. The Kier molecular flexibility index (Phi) is 3.80. The van der Waals surface area contributed by atoms with Gasteiger partial charge in [0.05, 0.1) is 5.25 Å². The van der Waals surface area contributed by atoms with Gasteiger partial charge in [0, 0.05) is 6.42 Å². The monoisotopic (exact) mass is 306 g/mol. The number of rotatable bonds is 4. The summed E-state index contributed by atoms with van der Waals surface area (Å²) in [7, 11) is -3.33. The number of fused-ring (bicyclic) bond motifs is 1. The van der Waals surface area contributed by atoms with Gasteiger partial charge in [0.2, 0.25) is 5.89 Å². The molecule has 6 heteroatoms. The largest absolute Gasteiger partial charge is 0.339 e. The lowest BCUT2D eigenvalue weighted by Gasteiger charge is -2.24. The summed E-state index contributed by atoms with van der Waals surface area (Å²) in [6, 6.07) is 7.79. The summed E-state index contributed by atoms with van der Waals surface area (Å²) in [4.78, 5) is 4.11. The lowest BCUT2D eigenvalue weighted by atomic mass is 9.91. The molecule has 0 spiro atoms. The van der Waals surface area contributed by atoms with Crippen molar-refractivity contribution in [2.75, 3.05) is 0 Å². The number of benzene rings is 1. The predicted octanol–water partition coefficient (Wildman–Crippen LogP) is 2.62. The van der Waals surface area contributed by atoms with E-state index in [-0.39, 0.29) is 11.6 Å². The van der Waals surface area contributed by atoms with Crippen molar-refractivity contribution in [1.29, 1.82) is 0 Å². The highest BCUT2D eigenvalue weighted by Gasteiger charge is 2.32. The number of aromatic nitrogens is 2. The van der Waals surface area contributed by atoms with Gasteiger partial charge in [-0.1, -0.05) is 36.3 Å². The Balaban J connectivity index is 1.89. The Morgan fingerprint density at radius 3 is 2.90 bits per heavy atom. The normalized spacial score (nSPS) is 18.4. The minimum atomic E-state index is -3.33. The molecule has 1 aromatic carbocycles. The number of aryl methyl sites for hydroxylation is 2. The summed E-state index contributed by atoms with van der Waals surface area (Å²) in [6.45, 7) is 1.89. The van der Waals surface area contributed by atoms with E-state index in [2.05, 4.69) is 10.1 Å². The zero-order valence-electron chi connectivity index (χ0n) is 11.9. The second-order valence-electron chi connectivity index (χ2n) is 5.34. The Morgan fingerprint density at radius 2 is 2.14 bits per heavy atom. The maximum absolute atomic E-state index is 12.7. The SMILES string of the molecule is CCc1nc(CS(=O)(=O)C2CCCc3ccccc32)no1. The molecule has 0 N–H and O–H groups in total. The van der Waals surface area contributed by atoms with Crippen molar-refractivity contribution < 1.29 is 12.9 Å². The fourth-order valence-electron chi connectivity index (χ4n) is 2.86. The van der Waals surface area contributed by atoms with Gasteiger partial charge in [0.25, 0.3) is 0 Å². The molecule has 0 amide bonds. The van der Waals surface area contributed by atoms with Crippen LogP contribution in [0.15, 0.2) is 28.8 Å². The fraction of sp³-hybridized carbons (Fsp3) is 0.467. The van der Waals surface area contributed by atoms with Crippen LogP contribution >= 0.6 is 0 Å². The van der Waals surface area contributed by atoms with Gasteiger partial charge in [-0.3, -0.25) is 0 Å². The highest BCUT2D eigenvalue weighted by Crippen LogP contribution is 2.36. The summed E-state index contributed by atoms with van der Waals surface area (Å²) in [5, 5.41) is 3.30. The van der Waals surface area contributed by atoms with Crippen LogP contribution in [-0.4, -0.2) is 18.6 Å². The topological polar surface area (TPSA) is 73.1 Å². The van der Waals surface area contributed by atoms with E-state index in [9.17, 15) is 8.42 Å². The lowest BCUT2D eigenvalue weighted by molar-refractivity contribution is 0.377. The van der Waals surface area contributed by atoms with Gasteiger partial charge in [-0.25, -0.2) is 8.42 Å². The summed E-state index contributed by atoms with van der Waals surface area (Å²) in [5.41, 5.74) is 2.07. The molecule has 3 rings (SSSR count). The summed E-state index contributed by atoms with van der Waals surface area (Å²) < 4.78 is 30.4. The molecule has 1 aromatic heterocycles. The quantitative estimate of drug-likeness (QED) is 0.868. The molecule has 1 aliphatic carbocycles. The molecule has 5 nitrogen and oxygen atoms in total. The first kappa shape index (κ1) is 14.3. The minimum absolute atomic E-state index is 0.157. The van der Waals surface area contributed by atoms with Crippen LogP contribution in [0, 0.1) is 0 Å². The first-order chi connectivity index (χ1) is 10.1. The van der Waals surface area contributed by atoms with Crippen LogP contribution in [-0.2, 0) is 28.4 Å². The molecule has 1 unspecified atom stereocenters. The standard InChI is InChI=1S/C15H18N2O3S/c1-2-15-16-14(17-20-15)10-21(18,19)13-9-5-7-11-6-3-4-8-12(11)13/h3-4,6,8,13H,2,5,7,9-10H2,1H3. The van der Waals surface area contributed by atoms with E-state index < -0.39 is 15.1 Å². The minimum Gasteiger partial charge on any atom is -0.339 e. The van der Waals surface area contributed by atoms with Crippen molar-refractivity contribution >= 4 is 9.84 Å². The van der Waals surface area contributed by atoms with Crippen molar-refractivity contribution in [3.63, 3.8) is 0 Å². The molecule has 2 aromatic rings. The molecule has 0 bridgehead atoms. The van der Waals surface area contributed by atoms with Crippen LogP contribution < -0.4 is 0 Å². The Labute approximate surface area is 124 Å². The molecule has 0 aliphatic heterocycles. The van der Waals surface area contributed by atoms with Gasteiger partial charge in [-0.2, -0.15) is 4.98 Å². The van der Waals surface area contributed by atoms with Gasteiger partial charge in [0.15, 0.2) is 15.7 Å². The van der Waals surface area contributed by atoms with Crippen molar-refractivity contribution in [1.82, 2.24) is 10.1 Å². The number of hydrogen-bond acceptors (Lipinski definition) is 5. The predicted molar refractivity (Wildman–Crippen MR) is 78.4 cm³/mol. The molecule has 21 heavy (non-hydrogen) atoms. The molecule has 112 valence electrons. The van der Waals surface area contributed by atoms with E-state index in [4.69, 9.17) is 4.52 Å². The number of sulfone groups is 1. The third kappa shape index (κ3) is 2.85. The fourth-order valence-corrected chi connectivity index (χ4v) is 4.68. The molecule has 0 fully saturated rings. The van der Waals surface area contributed by atoms with Gasteiger partial charge in [-0.05, 0) is 30.4 Å². The molecular formula is C15H18N2O3S. The van der Waals surface area contributed by atoms with Gasteiger partial charge < -0.3 is 4.52 Å². The second kappa shape index (κ2) is 5.60. The van der Waals surface area contributed by atoms with Crippen LogP contribution in [0.3, 0.4) is 0 Å². The second-order valence-corrected chi connectivity index (χ2v) is 7.53. The highest BCUT2D eigenvalue weighted by atomic mass is 32.2. The van der Waals surface area contributed by atoms with Crippen LogP contribution in [0.1, 0.15) is 47.9 Å². The van der Waals surface area contributed by atoms with Crippen LogP contribution in [0.2, 0.25) is 0 Å². The Morgan fingerprint density at radius 1 is 1.33 bits per heavy atom. The van der Waals surface area contributed by atoms with E-state index in [1.54, 1.807) is 0 Å². The number of nitrogens with zero attached hydrogens (tertiary/aromatic N) is 2. The average molecular weight is 306 g/mol. The van der Waals surface area contributed by atoms with Crippen LogP contribution in [0.25, 0.3) is 0 Å². The first-order valence-electron chi connectivity index (χ1n) is 7.21. The lowest BCUT2D eigenvalue weighted by Crippen LogP contribution is -2.21. The third-order valence-electron chi connectivity index (χ3n) is 3.89. The van der Waals surface area contributed by atoms with Crippen molar-refractivity contribution in [2.24, 2.45) is 0 Å². The molecule has 0 radical (unpaired) electrons. The summed E-state index contributed by atoms with van der Waals surface area (Å²) in [5.74, 6) is 0.578. The zero-order chi connectivity index (χ0) is 14.9. The van der Waals surface area contributed by atoms with Gasteiger partial charge in [0.1, 0.15) is 5.75 Å². The Bertz CT molecular complexity index is 737. The molecule has 1 atom stereocenters. The van der Waals surface area contributed by atoms with Crippen molar-refractivity contribution in [3.05, 3.63) is 47.1 Å². The summed E-state index contributed by atoms with van der Waals surface area (Å²) >= 11 is 0. The van der Waals surface area contributed by atoms with E-state index in [0.29, 0.717) is 18.7 Å². The number of hydrogen-bond donors (Lipinski definition) is 0. The van der Waals surface area contributed by atoms with Crippen molar-refractivity contribution in [3.8, 4) is 0 Å². The van der Waals surface area contributed by atoms with E-state index >= 15 is 0 Å². The first-order valence-corrected chi connectivity index (χ1v) is 8.92. The van der Waals surface area contributed by atoms with Crippen molar-refractivity contribution in [2.45, 2.75) is 43.6 Å². The smallest absolute Gasteiger partial charge is 0.226 e. The van der Waals surface area contributed by atoms with E-state index in [1.165, 1.54) is 0 Å². The molecule has 0 saturated carbocycles. The summed E-state index contributed by atoms with van der Waals surface area (Å²) in [6.07, 6.45) is 3.12. The molecular weight excluding hydrogens is 288 g/mol. The van der Waals surface area contributed by atoms with E-state index in [0.717, 1.165) is 24.0 Å². The Hall–Kier alpha value is -1.69. The van der Waals surface area contributed by atoms with Crippen LogP contribution in [0.4, 0.5) is 0 Å². The molecule has 0 saturated heterocycles. The van der Waals surface area contributed by atoms with Gasteiger partial charge >= 0.3 is 0 Å². The van der Waals surface area contributed by atoms with Gasteiger partial charge in [-0.15, -0.1) is 0 Å². The molecule has 1 heterocycles. The molecule has 1 aliphatic rings. The van der Waals surface area contributed by atoms with E-state index in [1.807, 2.05) is 31.2 Å².